The molecule has 0 aromatic carbocycles. The molecular formula is C18H29N3O3. The number of unbranched alkanes of at least 4 members (excludes halogenated alkanes) is 1. The van der Waals surface area contributed by atoms with E-state index >= 15 is 0 Å². The number of rotatable bonds is 11. The van der Waals surface area contributed by atoms with E-state index in [0.717, 1.165) is 32.5 Å². The third-order valence-corrected chi connectivity index (χ3v) is 4.07. The summed E-state index contributed by atoms with van der Waals surface area (Å²) in [6.45, 7) is 8.43. The molecule has 134 valence electrons. The van der Waals surface area contributed by atoms with Gasteiger partial charge in [0.2, 0.25) is 0 Å². The number of nitrogens with zero attached hydrogens (tertiary/aromatic N) is 3. The Balaban J connectivity index is 2.57. The molecule has 0 unspecified atom stereocenters. The van der Waals surface area contributed by atoms with Crippen molar-refractivity contribution in [3.8, 4) is 0 Å². The monoisotopic (exact) mass is 335 g/mol. The molecule has 0 aliphatic heterocycles. The van der Waals surface area contributed by atoms with Gasteiger partial charge in [-0.1, -0.05) is 13.8 Å². The van der Waals surface area contributed by atoms with Crippen LogP contribution in [0.1, 0.15) is 43.5 Å². The smallest absolute Gasteiger partial charge is 0.307 e. The highest BCUT2D eigenvalue weighted by Gasteiger charge is 2.17. The fourth-order valence-corrected chi connectivity index (χ4v) is 2.50. The number of methoxy groups -OCH3 is 1. The first-order valence-corrected chi connectivity index (χ1v) is 8.60. The molecule has 1 heterocycles. The van der Waals surface area contributed by atoms with Gasteiger partial charge in [0.05, 0.1) is 13.5 Å². The lowest BCUT2D eigenvalue weighted by Crippen LogP contribution is -2.34. The molecule has 0 fully saturated rings. The van der Waals surface area contributed by atoms with Gasteiger partial charge < -0.3 is 14.5 Å². The molecule has 24 heavy (non-hydrogen) atoms. The average Bonchev–Trinajstić information content (AvgIpc) is 2.64. The van der Waals surface area contributed by atoms with Crippen molar-refractivity contribution in [2.45, 2.75) is 33.1 Å². The van der Waals surface area contributed by atoms with Crippen molar-refractivity contribution in [2.75, 3.05) is 39.8 Å². The Morgan fingerprint density at radius 3 is 2.25 bits per heavy atom. The summed E-state index contributed by atoms with van der Waals surface area (Å²) in [5, 5.41) is 0. The molecule has 6 heteroatoms. The van der Waals surface area contributed by atoms with Gasteiger partial charge in [0.15, 0.2) is 0 Å². The van der Waals surface area contributed by atoms with Crippen molar-refractivity contribution < 1.29 is 14.3 Å². The highest BCUT2D eigenvalue weighted by molar-refractivity contribution is 5.94. The van der Waals surface area contributed by atoms with E-state index in [9.17, 15) is 9.59 Å². The highest BCUT2D eigenvalue weighted by atomic mass is 16.5. The predicted molar refractivity (Wildman–Crippen MR) is 93.8 cm³/mol. The molecule has 0 radical (unpaired) electrons. The van der Waals surface area contributed by atoms with Crippen LogP contribution in [0.2, 0.25) is 0 Å². The van der Waals surface area contributed by atoms with Gasteiger partial charge in [-0.3, -0.25) is 14.6 Å². The van der Waals surface area contributed by atoms with Crippen LogP contribution in [0.15, 0.2) is 24.5 Å². The molecule has 0 spiro atoms. The second-order valence-electron chi connectivity index (χ2n) is 5.59. The van der Waals surface area contributed by atoms with E-state index in [2.05, 4.69) is 28.5 Å². The average molecular weight is 335 g/mol. The first-order valence-electron chi connectivity index (χ1n) is 8.60. The lowest BCUT2D eigenvalue weighted by molar-refractivity contribution is -0.140. The minimum atomic E-state index is -0.300. The maximum atomic E-state index is 12.6. The maximum Gasteiger partial charge on any atom is 0.307 e. The zero-order chi connectivity index (χ0) is 17.8. The van der Waals surface area contributed by atoms with Crippen LogP contribution >= 0.6 is 0 Å². The Bertz CT molecular complexity index is 490. The number of aromatic nitrogens is 1. The molecule has 6 nitrogen and oxygen atoms in total. The van der Waals surface area contributed by atoms with Gasteiger partial charge in [0, 0.05) is 31.0 Å². The first kappa shape index (κ1) is 20.1. The zero-order valence-electron chi connectivity index (χ0n) is 15.0. The lowest BCUT2D eigenvalue weighted by atomic mass is 10.2. The van der Waals surface area contributed by atoms with Crippen LogP contribution in [-0.4, -0.2) is 66.5 Å². The van der Waals surface area contributed by atoms with Crippen molar-refractivity contribution >= 4 is 11.9 Å². The molecular weight excluding hydrogens is 306 g/mol. The summed E-state index contributed by atoms with van der Waals surface area (Å²) in [7, 11) is 1.36. The molecule has 0 N–H and O–H groups in total. The molecule has 1 aromatic rings. The van der Waals surface area contributed by atoms with E-state index in [1.807, 2.05) is 0 Å². The minimum absolute atomic E-state index is 0.0656. The Morgan fingerprint density at radius 2 is 1.67 bits per heavy atom. The van der Waals surface area contributed by atoms with E-state index < -0.39 is 0 Å². The number of ether oxygens (including phenoxy) is 1. The molecule has 1 rings (SSSR count). The molecule has 1 aromatic heterocycles. The van der Waals surface area contributed by atoms with Crippen LogP contribution in [0.3, 0.4) is 0 Å². The van der Waals surface area contributed by atoms with Gasteiger partial charge >= 0.3 is 5.97 Å². The van der Waals surface area contributed by atoms with Gasteiger partial charge in [-0.05, 0) is 44.6 Å². The van der Waals surface area contributed by atoms with Crippen LogP contribution in [0.25, 0.3) is 0 Å². The zero-order valence-corrected chi connectivity index (χ0v) is 15.0. The summed E-state index contributed by atoms with van der Waals surface area (Å²) >= 11 is 0. The second kappa shape index (κ2) is 11.6. The standard InChI is InChI=1S/C18H29N3O3/c1-4-20(5-2)13-6-7-14-21(15-10-17(22)24-3)18(23)16-8-11-19-12-9-16/h8-9,11-12H,4-7,10,13-15H2,1-3H3. The summed E-state index contributed by atoms with van der Waals surface area (Å²) in [6, 6.07) is 3.40. The lowest BCUT2D eigenvalue weighted by Gasteiger charge is -2.23. The summed E-state index contributed by atoms with van der Waals surface area (Å²) < 4.78 is 4.68. The van der Waals surface area contributed by atoms with Crippen LogP contribution in [0.5, 0.6) is 0 Å². The molecule has 0 aliphatic carbocycles. The summed E-state index contributed by atoms with van der Waals surface area (Å²) in [5.74, 6) is -0.366. The van der Waals surface area contributed by atoms with Gasteiger partial charge in [0.1, 0.15) is 0 Å². The largest absolute Gasteiger partial charge is 0.469 e. The number of esters is 1. The predicted octanol–water partition coefficient (Wildman–Crippen LogP) is 2.21. The minimum Gasteiger partial charge on any atom is -0.469 e. The van der Waals surface area contributed by atoms with Gasteiger partial charge in [-0.15, -0.1) is 0 Å². The number of carbonyl (C=O) groups is 2. The third kappa shape index (κ3) is 7.08. The van der Waals surface area contributed by atoms with Gasteiger partial charge in [0.25, 0.3) is 5.91 Å². The van der Waals surface area contributed by atoms with Crippen molar-refractivity contribution in [2.24, 2.45) is 0 Å². The van der Waals surface area contributed by atoms with Crippen LogP contribution in [-0.2, 0) is 9.53 Å². The Labute approximate surface area is 144 Å². The molecule has 0 atom stereocenters. The van der Waals surface area contributed by atoms with E-state index in [0.29, 0.717) is 18.7 Å². The van der Waals surface area contributed by atoms with Crippen molar-refractivity contribution in [1.29, 1.82) is 0 Å². The maximum absolute atomic E-state index is 12.6. The number of pyridine rings is 1. The number of carbonyl (C=O) groups excluding carboxylic acids is 2. The van der Waals surface area contributed by atoms with Gasteiger partial charge in [-0.2, -0.15) is 0 Å². The SMILES string of the molecule is CCN(CC)CCCCN(CCC(=O)OC)C(=O)c1ccncc1. The van der Waals surface area contributed by atoms with Crippen molar-refractivity contribution in [3.63, 3.8) is 0 Å². The fourth-order valence-electron chi connectivity index (χ4n) is 2.50. The van der Waals surface area contributed by atoms with Crippen LogP contribution in [0.4, 0.5) is 0 Å². The van der Waals surface area contributed by atoms with Crippen molar-refractivity contribution in [3.05, 3.63) is 30.1 Å². The first-order chi connectivity index (χ1) is 11.6. The normalized spacial score (nSPS) is 10.7. The summed E-state index contributed by atoms with van der Waals surface area (Å²) in [5.41, 5.74) is 0.596. The summed E-state index contributed by atoms with van der Waals surface area (Å²) in [6.07, 6.45) is 5.36. The Hall–Kier alpha value is -1.95. The Kier molecular flexibility index (Phi) is 9.68. The topological polar surface area (TPSA) is 62.7 Å². The van der Waals surface area contributed by atoms with E-state index in [1.165, 1.54) is 7.11 Å². The number of hydrogen-bond acceptors (Lipinski definition) is 5. The molecule has 0 saturated heterocycles. The highest BCUT2D eigenvalue weighted by Crippen LogP contribution is 2.07. The molecule has 0 bridgehead atoms. The third-order valence-electron chi connectivity index (χ3n) is 4.07. The fraction of sp³-hybridized carbons (Fsp3) is 0.611. The molecule has 1 amide bonds. The molecule has 0 aliphatic rings. The van der Waals surface area contributed by atoms with E-state index in [-0.39, 0.29) is 18.3 Å². The van der Waals surface area contributed by atoms with Crippen LogP contribution in [0, 0.1) is 0 Å². The van der Waals surface area contributed by atoms with E-state index in [4.69, 9.17) is 0 Å². The van der Waals surface area contributed by atoms with E-state index in [1.54, 1.807) is 29.4 Å². The number of amides is 1. The summed E-state index contributed by atoms with van der Waals surface area (Å²) in [4.78, 5) is 32.1. The van der Waals surface area contributed by atoms with Crippen molar-refractivity contribution in [1.82, 2.24) is 14.8 Å². The van der Waals surface area contributed by atoms with Crippen LogP contribution < -0.4 is 0 Å². The Morgan fingerprint density at radius 1 is 1.04 bits per heavy atom. The van der Waals surface area contributed by atoms with Gasteiger partial charge in [-0.25, -0.2) is 0 Å². The second-order valence-corrected chi connectivity index (χ2v) is 5.59. The number of hydrogen-bond donors (Lipinski definition) is 0. The quantitative estimate of drug-likeness (QED) is 0.458. The molecule has 0 saturated carbocycles.